The lowest BCUT2D eigenvalue weighted by Crippen LogP contribution is -1.98. The second-order valence-electron chi connectivity index (χ2n) is 4.90. The van der Waals surface area contributed by atoms with Crippen molar-refractivity contribution in [3.8, 4) is 0 Å². The molecule has 0 spiro atoms. The van der Waals surface area contributed by atoms with E-state index in [1.54, 1.807) is 6.07 Å². The van der Waals surface area contributed by atoms with Crippen molar-refractivity contribution < 1.29 is 27.5 Å². The number of carbonyl (C=O) groups excluding carboxylic acids is 1. The first kappa shape index (κ1) is 16.6. The molecule has 7 heteroatoms. The van der Waals surface area contributed by atoms with Crippen molar-refractivity contribution in [1.29, 1.82) is 0 Å². The minimum absolute atomic E-state index is 0.0382. The lowest BCUT2D eigenvalue weighted by molar-refractivity contribution is -0.160. The van der Waals surface area contributed by atoms with Crippen LogP contribution in [0.25, 0.3) is 11.1 Å². The van der Waals surface area contributed by atoms with Gasteiger partial charge in [-0.05, 0) is 29.8 Å². The smallest absolute Gasteiger partial charge is 0.339 e. The summed E-state index contributed by atoms with van der Waals surface area (Å²) in [6.07, 6.45) is 0. The van der Waals surface area contributed by atoms with Gasteiger partial charge in [0.25, 0.3) is 0 Å². The summed E-state index contributed by atoms with van der Waals surface area (Å²) in [7, 11) is 1.35. The lowest BCUT2D eigenvalue weighted by atomic mass is 9.96. The second kappa shape index (κ2) is 7.12. The number of benzene rings is 2. The van der Waals surface area contributed by atoms with Gasteiger partial charge >= 0.3 is 5.97 Å². The first-order valence-corrected chi connectivity index (χ1v) is 7.68. The molecule has 1 aliphatic heterocycles. The second-order valence-corrected chi connectivity index (χ2v) is 5.67. The molecule has 1 aliphatic rings. The Bertz CT molecular complexity index is 803. The molecule has 0 aliphatic carbocycles. The summed E-state index contributed by atoms with van der Waals surface area (Å²) in [5.41, 5.74) is 1.40. The Hall–Kier alpha value is -2.22. The number of halogens is 2. The summed E-state index contributed by atoms with van der Waals surface area (Å²) in [5, 5.41) is 0. The van der Waals surface area contributed by atoms with E-state index in [1.165, 1.54) is 43.5 Å². The summed E-state index contributed by atoms with van der Waals surface area (Å²) in [5.74, 6) is -1.50. The maximum atomic E-state index is 14.4. The number of ether oxygens (including phenoxy) is 1. The van der Waals surface area contributed by atoms with E-state index >= 15 is 0 Å². The molecule has 2 aromatic carbocycles. The van der Waals surface area contributed by atoms with Crippen molar-refractivity contribution in [2.24, 2.45) is 0 Å². The van der Waals surface area contributed by atoms with Crippen LogP contribution in [0.5, 0.6) is 0 Å². The van der Waals surface area contributed by atoms with E-state index in [4.69, 9.17) is 4.74 Å². The third-order valence-corrected chi connectivity index (χ3v) is 4.10. The highest BCUT2D eigenvalue weighted by Gasteiger charge is 2.28. The van der Waals surface area contributed by atoms with Crippen molar-refractivity contribution in [3.05, 3.63) is 65.2 Å². The van der Waals surface area contributed by atoms with Crippen LogP contribution in [-0.4, -0.2) is 19.7 Å². The van der Waals surface area contributed by atoms with Crippen LogP contribution < -0.4 is 0 Å². The quantitative estimate of drug-likeness (QED) is 0.353. The molecule has 1 heterocycles. The molecule has 0 aromatic heterocycles. The molecule has 0 saturated carbocycles. The molecule has 24 heavy (non-hydrogen) atoms. The first-order valence-electron chi connectivity index (χ1n) is 6.93. The van der Waals surface area contributed by atoms with Gasteiger partial charge in [0.15, 0.2) is 0 Å². The number of rotatable bonds is 5. The van der Waals surface area contributed by atoms with Gasteiger partial charge in [-0.2, -0.15) is 4.33 Å². The minimum atomic E-state index is -0.558. The first-order chi connectivity index (χ1) is 11.6. The number of esters is 1. The predicted molar refractivity (Wildman–Crippen MR) is 84.5 cm³/mol. The zero-order chi connectivity index (χ0) is 17.1. The van der Waals surface area contributed by atoms with Crippen LogP contribution in [-0.2, 0) is 18.8 Å². The maximum absolute atomic E-state index is 14.4. The molecule has 0 saturated heterocycles. The molecule has 0 radical (unpaired) electrons. The highest BCUT2D eigenvalue weighted by molar-refractivity contribution is 7.94. The van der Waals surface area contributed by atoms with Gasteiger partial charge in [-0.15, -0.1) is 0 Å². The van der Waals surface area contributed by atoms with Crippen molar-refractivity contribution in [2.75, 3.05) is 13.7 Å². The van der Waals surface area contributed by atoms with Gasteiger partial charge in [0.2, 0.25) is 0 Å². The number of carbonyl (C=O) groups is 1. The van der Waals surface area contributed by atoms with Gasteiger partial charge in [-0.1, -0.05) is 18.2 Å². The van der Waals surface area contributed by atoms with E-state index in [1.807, 2.05) is 0 Å². The van der Waals surface area contributed by atoms with Gasteiger partial charge < -0.3 is 4.74 Å². The fourth-order valence-corrected chi connectivity index (χ4v) is 2.81. The normalized spacial score (nSPS) is 14.2. The summed E-state index contributed by atoms with van der Waals surface area (Å²) in [6.45, 7) is -0.0382. The van der Waals surface area contributed by atoms with Crippen LogP contribution in [0.3, 0.4) is 0 Å². The third-order valence-electron chi connectivity index (χ3n) is 3.45. The summed E-state index contributed by atoms with van der Waals surface area (Å²) >= 11 is 0.867. The van der Waals surface area contributed by atoms with Crippen molar-refractivity contribution in [1.82, 2.24) is 0 Å². The van der Waals surface area contributed by atoms with Crippen LogP contribution in [0.4, 0.5) is 8.78 Å². The standard InChI is InChI=1S/C17H12F2O4S/c1-21-23-24-12-6-7-13(15(19)8-12)14-9-22-17(20)16(14)10-2-4-11(18)5-3-10/h2-8H,9H2,1H3. The Labute approximate surface area is 141 Å². The van der Waals surface area contributed by atoms with Gasteiger partial charge in [0, 0.05) is 16.0 Å². The molecule has 0 unspecified atom stereocenters. The molecule has 4 nitrogen and oxygen atoms in total. The number of cyclic esters (lactones) is 1. The largest absolute Gasteiger partial charge is 0.457 e. The fourth-order valence-electron chi connectivity index (χ4n) is 2.39. The van der Waals surface area contributed by atoms with E-state index in [-0.39, 0.29) is 17.7 Å². The van der Waals surface area contributed by atoms with Crippen molar-refractivity contribution >= 4 is 29.2 Å². The van der Waals surface area contributed by atoms with E-state index in [9.17, 15) is 13.6 Å². The summed E-state index contributed by atoms with van der Waals surface area (Å²) in [6, 6.07) is 9.86. The van der Waals surface area contributed by atoms with E-state index < -0.39 is 17.6 Å². The third kappa shape index (κ3) is 3.33. The highest BCUT2D eigenvalue weighted by atomic mass is 32.2. The van der Waals surface area contributed by atoms with E-state index in [0.29, 0.717) is 16.0 Å². The summed E-state index contributed by atoms with van der Waals surface area (Å²) < 4.78 is 37.2. The van der Waals surface area contributed by atoms with Crippen molar-refractivity contribution in [3.63, 3.8) is 0 Å². The monoisotopic (exact) mass is 350 g/mol. The maximum Gasteiger partial charge on any atom is 0.339 e. The molecule has 0 fully saturated rings. The average molecular weight is 350 g/mol. The molecule has 0 bridgehead atoms. The number of hydrogen-bond acceptors (Lipinski definition) is 5. The molecule has 124 valence electrons. The highest BCUT2D eigenvalue weighted by Crippen LogP contribution is 2.35. The van der Waals surface area contributed by atoms with E-state index in [0.717, 1.165) is 12.0 Å². The molecule has 3 rings (SSSR count). The minimum Gasteiger partial charge on any atom is -0.457 e. The zero-order valence-corrected chi connectivity index (χ0v) is 13.4. The fraction of sp³-hybridized carbons (Fsp3) is 0.118. The Kier molecular flexibility index (Phi) is 4.94. The molecular weight excluding hydrogens is 338 g/mol. The van der Waals surface area contributed by atoms with Crippen LogP contribution in [0.1, 0.15) is 11.1 Å². The van der Waals surface area contributed by atoms with E-state index in [2.05, 4.69) is 9.22 Å². The van der Waals surface area contributed by atoms with Crippen LogP contribution in [0.2, 0.25) is 0 Å². The molecular formula is C17H12F2O4S. The Morgan fingerprint density at radius 2 is 1.88 bits per heavy atom. The topological polar surface area (TPSA) is 44.8 Å². The van der Waals surface area contributed by atoms with Crippen molar-refractivity contribution in [2.45, 2.75) is 4.90 Å². The molecule has 0 amide bonds. The zero-order valence-electron chi connectivity index (χ0n) is 12.5. The predicted octanol–water partition coefficient (Wildman–Crippen LogP) is 4.02. The van der Waals surface area contributed by atoms with Crippen LogP contribution >= 0.6 is 12.0 Å². The van der Waals surface area contributed by atoms with Gasteiger partial charge in [0.1, 0.15) is 18.2 Å². The Balaban J connectivity index is 2.02. The Morgan fingerprint density at radius 3 is 2.54 bits per heavy atom. The van der Waals surface area contributed by atoms with Gasteiger partial charge in [0.05, 0.1) is 24.7 Å². The number of hydrogen-bond donors (Lipinski definition) is 0. The molecule has 0 N–H and O–H groups in total. The van der Waals surface area contributed by atoms with Gasteiger partial charge in [-0.25, -0.2) is 18.5 Å². The Morgan fingerprint density at radius 1 is 1.12 bits per heavy atom. The van der Waals surface area contributed by atoms with Crippen LogP contribution in [0, 0.1) is 11.6 Å². The van der Waals surface area contributed by atoms with Gasteiger partial charge in [-0.3, -0.25) is 0 Å². The SMILES string of the molecule is COOSc1ccc(C2=C(c3ccc(F)cc3)C(=O)OC2)c(F)c1. The molecule has 0 atom stereocenters. The lowest BCUT2D eigenvalue weighted by Gasteiger charge is -2.07. The molecule has 2 aromatic rings. The average Bonchev–Trinajstić information content (AvgIpc) is 2.95. The summed E-state index contributed by atoms with van der Waals surface area (Å²) in [4.78, 5) is 17.0. The van der Waals surface area contributed by atoms with Crippen LogP contribution in [0.15, 0.2) is 47.4 Å².